The highest BCUT2D eigenvalue weighted by atomic mass is 16.5. The number of carbonyl (C=O) groups is 1. The lowest BCUT2D eigenvalue weighted by Crippen LogP contribution is -2.40. The maximum absolute atomic E-state index is 11.6. The molecule has 4 nitrogen and oxygen atoms in total. The van der Waals surface area contributed by atoms with Gasteiger partial charge < -0.3 is 14.6 Å². The summed E-state index contributed by atoms with van der Waals surface area (Å²) >= 11 is 0. The second-order valence-corrected chi connectivity index (χ2v) is 8.29. The normalized spacial score (nSPS) is 34.3. The molecule has 3 aliphatic rings. The zero-order valence-electron chi connectivity index (χ0n) is 15.9. The van der Waals surface area contributed by atoms with Gasteiger partial charge in [0.2, 0.25) is 5.76 Å². The Morgan fingerprint density at radius 2 is 2.00 bits per heavy atom. The number of carboxylic acids is 1. The van der Waals surface area contributed by atoms with Crippen LogP contribution < -0.4 is 4.74 Å². The Morgan fingerprint density at radius 3 is 2.69 bits per heavy atom. The molecular weight excluding hydrogens is 328 g/mol. The number of methoxy groups -OCH3 is 2. The summed E-state index contributed by atoms with van der Waals surface area (Å²) in [6.07, 6.45) is 6.38. The number of fused-ring (bicyclic) bond motifs is 5. The third-order valence-corrected chi connectivity index (χ3v) is 7.39. The summed E-state index contributed by atoms with van der Waals surface area (Å²) in [7, 11) is 3.21. The standard InChI is InChI=1S/C22H28O4/c1-22-11-10-16-15-7-5-14(25-2)12-13(15)4-6-17(16)18(22)8-9-19(22)20(26-3)21(23)24/h5,7,12,16-18H,4,6,8-11H2,1-3H3,(H,23,24)/t16-,17-,18+,22+/m1/s1. The quantitative estimate of drug-likeness (QED) is 0.638. The number of carboxylic acid groups (broad SMARTS) is 1. The largest absolute Gasteiger partial charge is 0.497 e. The first-order chi connectivity index (χ1) is 12.5. The second kappa shape index (κ2) is 6.33. The van der Waals surface area contributed by atoms with Crippen LogP contribution in [-0.4, -0.2) is 25.3 Å². The second-order valence-electron chi connectivity index (χ2n) is 8.29. The van der Waals surface area contributed by atoms with Crippen LogP contribution in [0, 0.1) is 17.3 Å². The molecule has 140 valence electrons. The summed E-state index contributed by atoms with van der Waals surface area (Å²) in [5.41, 5.74) is 3.93. The van der Waals surface area contributed by atoms with Crippen molar-refractivity contribution in [2.75, 3.05) is 14.2 Å². The molecule has 0 spiro atoms. The first kappa shape index (κ1) is 17.4. The van der Waals surface area contributed by atoms with Crippen LogP contribution in [0.15, 0.2) is 29.5 Å². The molecule has 4 heteroatoms. The van der Waals surface area contributed by atoms with Gasteiger partial charge in [-0.25, -0.2) is 4.79 Å². The molecule has 1 aromatic rings. The molecule has 4 rings (SSSR count). The van der Waals surface area contributed by atoms with E-state index in [2.05, 4.69) is 25.1 Å². The van der Waals surface area contributed by atoms with Crippen LogP contribution in [0.4, 0.5) is 0 Å². The average molecular weight is 356 g/mol. The summed E-state index contributed by atoms with van der Waals surface area (Å²) in [6, 6.07) is 6.55. The number of ether oxygens (including phenoxy) is 2. The Labute approximate surface area is 155 Å². The molecule has 1 aromatic carbocycles. The van der Waals surface area contributed by atoms with Gasteiger partial charge in [0, 0.05) is 0 Å². The van der Waals surface area contributed by atoms with Crippen LogP contribution in [0.25, 0.3) is 0 Å². The molecule has 2 fully saturated rings. The fraction of sp³-hybridized carbons (Fsp3) is 0.591. The van der Waals surface area contributed by atoms with Gasteiger partial charge in [-0.2, -0.15) is 0 Å². The van der Waals surface area contributed by atoms with Crippen LogP contribution in [0.5, 0.6) is 5.75 Å². The van der Waals surface area contributed by atoms with Crippen molar-refractivity contribution in [2.24, 2.45) is 17.3 Å². The van der Waals surface area contributed by atoms with Gasteiger partial charge in [0.05, 0.1) is 14.2 Å². The number of hydrogen-bond donors (Lipinski definition) is 1. The summed E-state index contributed by atoms with van der Waals surface area (Å²) in [5.74, 6) is 2.00. The highest BCUT2D eigenvalue weighted by molar-refractivity contribution is 5.85. The summed E-state index contributed by atoms with van der Waals surface area (Å²) < 4.78 is 10.7. The van der Waals surface area contributed by atoms with Crippen molar-refractivity contribution >= 4 is 5.97 Å². The van der Waals surface area contributed by atoms with Crippen molar-refractivity contribution in [3.05, 3.63) is 40.7 Å². The molecule has 0 unspecified atom stereocenters. The number of allylic oxidation sites excluding steroid dienone is 1. The summed E-state index contributed by atoms with van der Waals surface area (Å²) in [5, 5.41) is 9.56. The molecule has 4 atom stereocenters. The fourth-order valence-electron chi connectivity index (χ4n) is 6.21. The predicted molar refractivity (Wildman–Crippen MR) is 99.3 cm³/mol. The van der Waals surface area contributed by atoms with E-state index in [0.29, 0.717) is 17.8 Å². The monoisotopic (exact) mass is 356 g/mol. The van der Waals surface area contributed by atoms with E-state index >= 15 is 0 Å². The lowest BCUT2D eigenvalue weighted by atomic mass is 9.55. The van der Waals surface area contributed by atoms with Crippen molar-refractivity contribution in [3.8, 4) is 5.75 Å². The SMILES string of the molecule is COC(C(=O)O)=C1CC[C@H]2[C@@H]3CCc4cc(OC)ccc4[C@H]3CC[C@]12C. The minimum atomic E-state index is -0.924. The predicted octanol–water partition coefficient (Wildman–Crippen LogP) is 4.54. The smallest absolute Gasteiger partial charge is 0.371 e. The average Bonchev–Trinajstić information content (AvgIpc) is 2.98. The zero-order valence-corrected chi connectivity index (χ0v) is 15.9. The highest BCUT2D eigenvalue weighted by Crippen LogP contribution is 2.63. The van der Waals surface area contributed by atoms with E-state index in [9.17, 15) is 9.90 Å². The van der Waals surface area contributed by atoms with E-state index < -0.39 is 5.97 Å². The van der Waals surface area contributed by atoms with Gasteiger partial charge >= 0.3 is 5.97 Å². The molecule has 0 saturated heterocycles. The van der Waals surface area contributed by atoms with Gasteiger partial charge in [-0.1, -0.05) is 13.0 Å². The summed E-state index contributed by atoms with van der Waals surface area (Å²) in [4.78, 5) is 11.6. The van der Waals surface area contributed by atoms with Crippen molar-refractivity contribution in [3.63, 3.8) is 0 Å². The topological polar surface area (TPSA) is 55.8 Å². The maximum Gasteiger partial charge on any atom is 0.371 e. The van der Waals surface area contributed by atoms with E-state index in [1.165, 1.54) is 24.7 Å². The van der Waals surface area contributed by atoms with Gasteiger partial charge in [0.1, 0.15) is 5.75 Å². The van der Waals surface area contributed by atoms with Crippen LogP contribution in [-0.2, 0) is 16.0 Å². The number of benzene rings is 1. The molecule has 0 aliphatic heterocycles. The van der Waals surface area contributed by atoms with Gasteiger partial charge in [-0.3, -0.25) is 0 Å². The van der Waals surface area contributed by atoms with Crippen molar-refractivity contribution in [1.82, 2.24) is 0 Å². The Morgan fingerprint density at radius 1 is 1.19 bits per heavy atom. The molecule has 3 aliphatic carbocycles. The molecule has 0 radical (unpaired) electrons. The fourth-order valence-corrected chi connectivity index (χ4v) is 6.21. The Balaban J connectivity index is 1.69. The molecule has 1 N–H and O–H groups in total. The van der Waals surface area contributed by atoms with Crippen LogP contribution in [0.1, 0.15) is 56.1 Å². The van der Waals surface area contributed by atoms with Crippen LogP contribution in [0.3, 0.4) is 0 Å². The third-order valence-electron chi connectivity index (χ3n) is 7.39. The van der Waals surface area contributed by atoms with Gasteiger partial charge in [0.25, 0.3) is 0 Å². The third kappa shape index (κ3) is 2.45. The number of rotatable bonds is 3. The summed E-state index contributed by atoms with van der Waals surface area (Å²) in [6.45, 7) is 2.28. The highest BCUT2D eigenvalue weighted by Gasteiger charge is 2.54. The minimum Gasteiger partial charge on any atom is -0.497 e. The van der Waals surface area contributed by atoms with Gasteiger partial charge in [-0.15, -0.1) is 0 Å². The van der Waals surface area contributed by atoms with Crippen molar-refractivity contribution in [1.29, 1.82) is 0 Å². The molecule has 0 heterocycles. The van der Waals surface area contributed by atoms with Gasteiger partial charge in [-0.05, 0) is 90.5 Å². The van der Waals surface area contributed by atoms with E-state index in [1.807, 2.05) is 0 Å². The lowest BCUT2D eigenvalue weighted by Gasteiger charge is -2.49. The maximum atomic E-state index is 11.6. The molecule has 0 aromatic heterocycles. The Hall–Kier alpha value is -1.97. The lowest BCUT2D eigenvalue weighted by molar-refractivity contribution is -0.136. The Bertz CT molecular complexity index is 765. The van der Waals surface area contributed by atoms with Crippen LogP contribution >= 0.6 is 0 Å². The van der Waals surface area contributed by atoms with Gasteiger partial charge in [0.15, 0.2) is 0 Å². The number of hydrogen-bond acceptors (Lipinski definition) is 3. The first-order valence-electron chi connectivity index (χ1n) is 9.67. The molecule has 26 heavy (non-hydrogen) atoms. The van der Waals surface area contributed by atoms with Crippen molar-refractivity contribution < 1.29 is 19.4 Å². The van der Waals surface area contributed by atoms with Crippen LogP contribution in [0.2, 0.25) is 0 Å². The molecular formula is C22H28O4. The molecule has 0 amide bonds. The molecule has 0 bridgehead atoms. The molecule has 2 saturated carbocycles. The van der Waals surface area contributed by atoms with Crippen molar-refractivity contribution in [2.45, 2.75) is 51.4 Å². The first-order valence-corrected chi connectivity index (χ1v) is 9.67. The number of aryl methyl sites for hydroxylation is 1. The zero-order chi connectivity index (χ0) is 18.5. The Kier molecular flexibility index (Phi) is 4.25. The van der Waals surface area contributed by atoms with E-state index in [1.54, 1.807) is 7.11 Å². The number of aliphatic carboxylic acids is 1. The minimum absolute atomic E-state index is 0.0329. The van der Waals surface area contributed by atoms with E-state index in [-0.39, 0.29) is 11.2 Å². The van der Waals surface area contributed by atoms with E-state index in [0.717, 1.165) is 43.4 Å². The van der Waals surface area contributed by atoms with E-state index in [4.69, 9.17) is 9.47 Å².